The number of hydrogen-bond acceptors (Lipinski definition) is 6. The molecule has 0 spiro atoms. The fourth-order valence-corrected chi connectivity index (χ4v) is 3.14. The molecule has 0 bridgehead atoms. The van der Waals surface area contributed by atoms with E-state index in [0.717, 1.165) is 22.6 Å². The molecule has 0 saturated heterocycles. The Morgan fingerprint density at radius 1 is 1.18 bits per heavy atom. The highest BCUT2D eigenvalue weighted by molar-refractivity contribution is 5.46. The Kier molecular flexibility index (Phi) is 4.26. The van der Waals surface area contributed by atoms with Crippen LogP contribution in [0.4, 0.5) is 5.69 Å². The van der Waals surface area contributed by atoms with Gasteiger partial charge in [0, 0.05) is 17.4 Å². The van der Waals surface area contributed by atoms with Gasteiger partial charge in [0.1, 0.15) is 5.76 Å². The zero-order valence-corrected chi connectivity index (χ0v) is 15.5. The highest BCUT2D eigenvalue weighted by Crippen LogP contribution is 2.18. The molecule has 4 aromatic rings. The van der Waals surface area contributed by atoms with Crippen LogP contribution in [-0.4, -0.2) is 29.2 Å². The van der Waals surface area contributed by atoms with E-state index in [-0.39, 0.29) is 18.1 Å². The van der Waals surface area contributed by atoms with Crippen LogP contribution in [0.15, 0.2) is 52.2 Å². The molecule has 0 radical (unpaired) electrons. The van der Waals surface area contributed by atoms with Crippen LogP contribution in [0.3, 0.4) is 0 Å². The van der Waals surface area contributed by atoms with Crippen molar-refractivity contribution in [3.63, 3.8) is 0 Å². The van der Waals surface area contributed by atoms with E-state index in [1.54, 1.807) is 16.9 Å². The number of benzene rings is 1. The minimum Gasteiger partial charge on any atom is -0.493 e. The first-order valence-corrected chi connectivity index (χ1v) is 8.73. The molecule has 3 aromatic heterocycles. The topological polar surface area (TPSA) is 117 Å². The third-order valence-electron chi connectivity index (χ3n) is 4.71. The summed E-state index contributed by atoms with van der Waals surface area (Å²) in [6, 6.07) is 7.30. The van der Waals surface area contributed by atoms with Gasteiger partial charge in [0.05, 0.1) is 36.9 Å². The van der Waals surface area contributed by atoms with Gasteiger partial charge in [-0.2, -0.15) is 5.10 Å². The molecule has 3 N–H and O–H groups in total. The lowest BCUT2D eigenvalue weighted by Crippen LogP contribution is -2.23. The average Bonchev–Trinajstić information content (AvgIpc) is 3.32. The third kappa shape index (κ3) is 3.07. The predicted octanol–water partition coefficient (Wildman–Crippen LogP) is 1.82. The van der Waals surface area contributed by atoms with Crippen LogP contribution in [0.25, 0.3) is 5.69 Å². The summed E-state index contributed by atoms with van der Waals surface area (Å²) in [6.07, 6.45) is 4.61. The van der Waals surface area contributed by atoms with Crippen molar-refractivity contribution in [2.45, 2.75) is 26.9 Å². The number of nitrogens with zero attached hydrogens (tertiary/aromatic N) is 5. The molecular formula is C19H20N6O3. The summed E-state index contributed by atoms with van der Waals surface area (Å²) in [4.78, 5) is 12.8. The second-order valence-electron chi connectivity index (χ2n) is 6.63. The number of para-hydroxylation sites is 1. The molecule has 9 nitrogen and oxygen atoms in total. The standard InChI is InChI=1S/C19H20N6O3/c1-12-16(13(2)28-22-12)10-24-9-15(7-21-24)25-18(26)11-23(19(25)27)8-14-5-3-4-6-17(14)20/h3-7,9,11,26H,8,10,20H2,1-2H3. The third-order valence-corrected chi connectivity index (χ3v) is 4.71. The molecular weight excluding hydrogens is 360 g/mol. The molecule has 0 aliphatic heterocycles. The van der Waals surface area contributed by atoms with Crippen LogP contribution in [0.2, 0.25) is 0 Å². The van der Waals surface area contributed by atoms with E-state index in [2.05, 4.69) is 10.3 Å². The Hall–Kier alpha value is -3.75. The summed E-state index contributed by atoms with van der Waals surface area (Å²) in [6.45, 7) is 4.42. The minimum absolute atomic E-state index is 0.170. The van der Waals surface area contributed by atoms with Crippen molar-refractivity contribution in [3.8, 4) is 11.6 Å². The smallest absolute Gasteiger partial charge is 0.336 e. The van der Waals surface area contributed by atoms with E-state index in [9.17, 15) is 9.90 Å². The van der Waals surface area contributed by atoms with Gasteiger partial charge in [0.25, 0.3) is 0 Å². The lowest BCUT2D eigenvalue weighted by atomic mass is 10.2. The van der Waals surface area contributed by atoms with Crippen molar-refractivity contribution in [2.24, 2.45) is 0 Å². The first kappa shape index (κ1) is 17.7. The molecule has 0 unspecified atom stereocenters. The zero-order valence-electron chi connectivity index (χ0n) is 15.5. The number of imidazole rings is 1. The quantitative estimate of drug-likeness (QED) is 0.510. The molecule has 0 saturated carbocycles. The van der Waals surface area contributed by atoms with Crippen LogP contribution in [0.5, 0.6) is 5.88 Å². The Balaban J connectivity index is 1.64. The minimum atomic E-state index is -0.377. The highest BCUT2D eigenvalue weighted by atomic mass is 16.5. The van der Waals surface area contributed by atoms with E-state index in [0.29, 0.717) is 17.9 Å². The molecule has 28 heavy (non-hydrogen) atoms. The number of aryl methyl sites for hydroxylation is 2. The van der Waals surface area contributed by atoms with Crippen molar-refractivity contribution < 1.29 is 9.63 Å². The fraction of sp³-hybridized carbons (Fsp3) is 0.211. The van der Waals surface area contributed by atoms with Crippen molar-refractivity contribution in [1.29, 1.82) is 0 Å². The SMILES string of the molecule is Cc1noc(C)c1Cn1cc(-n2c(O)cn(Cc3ccccc3N)c2=O)cn1. The van der Waals surface area contributed by atoms with Crippen LogP contribution in [-0.2, 0) is 13.1 Å². The van der Waals surface area contributed by atoms with E-state index in [1.807, 2.05) is 32.0 Å². The van der Waals surface area contributed by atoms with Gasteiger partial charge >= 0.3 is 5.69 Å². The lowest BCUT2D eigenvalue weighted by Gasteiger charge is -2.05. The van der Waals surface area contributed by atoms with Crippen LogP contribution in [0.1, 0.15) is 22.6 Å². The number of nitrogens with two attached hydrogens (primary N) is 1. The Bertz CT molecular complexity index is 1180. The highest BCUT2D eigenvalue weighted by Gasteiger charge is 2.16. The normalized spacial score (nSPS) is 11.2. The maximum Gasteiger partial charge on any atom is 0.336 e. The van der Waals surface area contributed by atoms with Crippen molar-refractivity contribution in [1.82, 2.24) is 24.1 Å². The van der Waals surface area contributed by atoms with Gasteiger partial charge in [-0.1, -0.05) is 23.4 Å². The summed E-state index contributed by atoms with van der Waals surface area (Å²) >= 11 is 0. The fourth-order valence-electron chi connectivity index (χ4n) is 3.14. The first-order valence-electron chi connectivity index (χ1n) is 8.73. The molecule has 0 atom stereocenters. The molecule has 3 heterocycles. The van der Waals surface area contributed by atoms with Crippen molar-refractivity contribution in [3.05, 3.63) is 75.9 Å². The summed E-state index contributed by atoms with van der Waals surface area (Å²) < 4.78 is 9.45. The second-order valence-corrected chi connectivity index (χ2v) is 6.63. The predicted molar refractivity (Wildman–Crippen MR) is 103 cm³/mol. The molecule has 0 aliphatic carbocycles. The maximum absolute atomic E-state index is 12.8. The molecule has 9 heteroatoms. The monoisotopic (exact) mass is 380 g/mol. The molecule has 1 aromatic carbocycles. The van der Waals surface area contributed by atoms with Gasteiger partial charge in [-0.3, -0.25) is 9.25 Å². The summed E-state index contributed by atoms with van der Waals surface area (Å²) in [5.41, 5.74) is 9.17. The Morgan fingerprint density at radius 2 is 1.96 bits per heavy atom. The van der Waals surface area contributed by atoms with E-state index < -0.39 is 0 Å². The number of rotatable bonds is 5. The Morgan fingerprint density at radius 3 is 2.68 bits per heavy atom. The number of aromatic nitrogens is 5. The maximum atomic E-state index is 12.8. The van der Waals surface area contributed by atoms with Gasteiger partial charge < -0.3 is 15.4 Å². The zero-order chi connectivity index (χ0) is 19.8. The summed E-state index contributed by atoms with van der Waals surface area (Å²) in [5, 5.41) is 18.5. The lowest BCUT2D eigenvalue weighted by molar-refractivity contribution is 0.391. The number of anilines is 1. The number of aromatic hydroxyl groups is 1. The molecule has 0 aliphatic rings. The van der Waals surface area contributed by atoms with Crippen molar-refractivity contribution in [2.75, 3.05) is 5.73 Å². The van der Waals surface area contributed by atoms with E-state index in [4.69, 9.17) is 10.3 Å². The van der Waals surface area contributed by atoms with Gasteiger partial charge in [0.2, 0.25) is 5.88 Å². The average molecular weight is 380 g/mol. The second kappa shape index (κ2) is 6.76. The summed E-state index contributed by atoms with van der Waals surface area (Å²) in [5.74, 6) is 0.553. The van der Waals surface area contributed by atoms with Crippen LogP contribution >= 0.6 is 0 Å². The van der Waals surface area contributed by atoms with Gasteiger partial charge in [-0.25, -0.2) is 9.36 Å². The van der Waals surface area contributed by atoms with E-state index >= 15 is 0 Å². The number of hydrogen-bond donors (Lipinski definition) is 2. The summed E-state index contributed by atoms with van der Waals surface area (Å²) in [7, 11) is 0. The van der Waals surface area contributed by atoms with Crippen molar-refractivity contribution >= 4 is 5.69 Å². The van der Waals surface area contributed by atoms with Gasteiger partial charge in [-0.05, 0) is 25.5 Å². The largest absolute Gasteiger partial charge is 0.493 e. The van der Waals surface area contributed by atoms with Crippen LogP contribution < -0.4 is 11.4 Å². The molecule has 0 fully saturated rings. The molecule has 4 rings (SSSR count). The van der Waals surface area contributed by atoms with Crippen LogP contribution in [0, 0.1) is 13.8 Å². The van der Waals surface area contributed by atoms with E-state index in [1.165, 1.54) is 21.5 Å². The van der Waals surface area contributed by atoms with Gasteiger partial charge in [0.15, 0.2) is 0 Å². The first-order chi connectivity index (χ1) is 13.4. The molecule has 144 valence electrons. The van der Waals surface area contributed by atoms with Gasteiger partial charge in [-0.15, -0.1) is 0 Å². The molecule has 0 amide bonds. The Labute approximate surface area is 160 Å². The number of nitrogen functional groups attached to an aromatic ring is 1.